The van der Waals surface area contributed by atoms with Gasteiger partial charge in [-0.2, -0.15) is 0 Å². The summed E-state index contributed by atoms with van der Waals surface area (Å²) in [4.78, 5) is 16.0. The second-order valence-electron chi connectivity index (χ2n) is 6.41. The largest absolute Gasteiger partial charge is 0.497 e. The van der Waals surface area contributed by atoms with E-state index in [1.54, 1.807) is 31.4 Å². The molecule has 2 aromatic carbocycles. The van der Waals surface area contributed by atoms with Crippen LogP contribution in [0.15, 0.2) is 42.5 Å². The van der Waals surface area contributed by atoms with E-state index in [4.69, 9.17) is 16.3 Å². The van der Waals surface area contributed by atoms with Crippen molar-refractivity contribution in [2.45, 2.75) is 25.3 Å². The number of aromatic amines is 1. The first-order valence-corrected chi connectivity index (χ1v) is 8.76. The Hall–Kier alpha value is -2.46. The Bertz CT molecular complexity index is 931. The number of nitrogens with one attached hydrogen (secondary N) is 2. The molecule has 0 fully saturated rings. The molecule has 3 aromatic rings. The van der Waals surface area contributed by atoms with Gasteiger partial charge in [0.25, 0.3) is 5.91 Å². The third-order valence-corrected chi connectivity index (χ3v) is 5.07. The molecular weight excluding hydrogens is 336 g/mol. The molecule has 1 aliphatic carbocycles. The number of aryl methyl sites for hydroxylation is 1. The van der Waals surface area contributed by atoms with Gasteiger partial charge in [0, 0.05) is 33.2 Å². The SMILES string of the molecule is COc1ccc(C(=O)NC2CCc3[nH]c4ccc(Cl)cc4c3C2)cc1. The van der Waals surface area contributed by atoms with Gasteiger partial charge in [-0.05, 0) is 67.3 Å². The van der Waals surface area contributed by atoms with Crippen LogP contribution < -0.4 is 10.1 Å². The van der Waals surface area contributed by atoms with Crippen molar-refractivity contribution in [2.75, 3.05) is 7.11 Å². The maximum absolute atomic E-state index is 12.5. The van der Waals surface area contributed by atoms with Gasteiger partial charge in [-0.3, -0.25) is 4.79 Å². The maximum Gasteiger partial charge on any atom is 0.251 e. The van der Waals surface area contributed by atoms with Crippen molar-refractivity contribution in [3.05, 3.63) is 64.3 Å². The number of amides is 1. The number of ether oxygens (including phenoxy) is 1. The molecule has 1 amide bonds. The molecule has 2 N–H and O–H groups in total. The summed E-state index contributed by atoms with van der Waals surface area (Å²) in [5.74, 6) is 0.698. The zero-order chi connectivity index (χ0) is 17.4. The number of halogens is 1. The highest BCUT2D eigenvalue weighted by Crippen LogP contribution is 2.31. The Morgan fingerprint density at radius 3 is 2.80 bits per heavy atom. The monoisotopic (exact) mass is 354 g/mol. The van der Waals surface area contributed by atoms with Gasteiger partial charge in [0.05, 0.1) is 7.11 Å². The van der Waals surface area contributed by atoms with E-state index in [1.165, 1.54) is 11.3 Å². The van der Waals surface area contributed by atoms with Crippen LogP contribution in [0.25, 0.3) is 10.9 Å². The van der Waals surface area contributed by atoms with Gasteiger partial charge in [0.2, 0.25) is 0 Å². The van der Waals surface area contributed by atoms with Gasteiger partial charge in [-0.1, -0.05) is 11.6 Å². The first-order chi connectivity index (χ1) is 12.1. The van der Waals surface area contributed by atoms with E-state index < -0.39 is 0 Å². The van der Waals surface area contributed by atoms with Crippen LogP contribution in [0.2, 0.25) is 5.02 Å². The summed E-state index contributed by atoms with van der Waals surface area (Å²) in [6.07, 6.45) is 2.67. The van der Waals surface area contributed by atoms with Crippen molar-refractivity contribution in [1.29, 1.82) is 0 Å². The molecule has 0 radical (unpaired) electrons. The van der Waals surface area contributed by atoms with E-state index in [1.807, 2.05) is 18.2 Å². The van der Waals surface area contributed by atoms with Crippen LogP contribution in [0.4, 0.5) is 0 Å². The van der Waals surface area contributed by atoms with E-state index in [-0.39, 0.29) is 11.9 Å². The Balaban J connectivity index is 1.52. The lowest BCUT2D eigenvalue weighted by atomic mass is 9.91. The number of H-pyrrole nitrogens is 1. The highest BCUT2D eigenvalue weighted by molar-refractivity contribution is 6.31. The summed E-state index contributed by atoms with van der Waals surface area (Å²) in [5, 5.41) is 5.05. The Morgan fingerprint density at radius 2 is 2.04 bits per heavy atom. The molecule has 1 aliphatic rings. The average Bonchev–Trinajstić information content (AvgIpc) is 2.99. The molecule has 25 heavy (non-hydrogen) atoms. The number of methoxy groups -OCH3 is 1. The highest BCUT2D eigenvalue weighted by atomic mass is 35.5. The van der Waals surface area contributed by atoms with Gasteiger partial charge >= 0.3 is 0 Å². The van der Waals surface area contributed by atoms with Crippen LogP contribution in [-0.4, -0.2) is 24.0 Å². The van der Waals surface area contributed by atoms with Crippen molar-refractivity contribution in [3.63, 3.8) is 0 Å². The summed E-state index contributed by atoms with van der Waals surface area (Å²) in [7, 11) is 1.61. The molecule has 1 heterocycles. The summed E-state index contributed by atoms with van der Waals surface area (Å²) in [6.45, 7) is 0. The first-order valence-electron chi connectivity index (χ1n) is 8.38. The highest BCUT2D eigenvalue weighted by Gasteiger charge is 2.24. The summed E-state index contributed by atoms with van der Waals surface area (Å²) in [6, 6.07) is 13.2. The van der Waals surface area contributed by atoms with Gasteiger partial charge < -0.3 is 15.0 Å². The van der Waals surface area contributed by atoms with E-state index >= 15 is 0 Å². The van der Waals surface area contributed by atoms with Crippen molar-refractivity contribution in [3.8, 4) is 5.75 Å². The molecule has 1 aromatic heterocycles. The molecule has 0 bridgehead atoms. The Labute approximate surface area is 151 Å². The molecule has 128 valence electrons. The van der Waals surface area contributed by atoms with Crippen LogP contribution in [0.5, 0.6) is 5.75 Å². The first kappa shape index (κ1) is 16.0. The van der Waals surface area contributed by atoms with Gasteiger partial charge in [-0.25, -0.2) is 0 Å². The number of aromatic nitrogens is 1. The molecule has 0 spiro atoms. The fourth-order valence-electron chi connectivity index (χ4n) is 3.52. The lowest BCUT2D eigenvalue weighted by Gasteiger charge is -2.23. The molecule has 0 saturated heterocycles. The number of benzene rings is 2. The second-order valence-corrected chi connectivity index (χ2v) is 6.85. The fourth-order valence-corrected chi connectivity index (χ4v) is 3.70. The van der Waals surface area contributed by atoms with Gasteiger partial charge in [0.1, 0.15) is 5.75 Å². The van der Waals surface area contributed by atoms with Crippen molar-refractivity contribution in [2.24, 2.45) is 0 Å². The minimum atomic E-state index is -0.0472. The third-order valence-electron chi connectivity index (χ3n) is 4.84. The smallest absolute Gasteiger partial charge is 0.251 e. The average molecular weight is 355 g/mol. The summed E-state index contributed by atoms with van der Waals surface area (Å²) in [5.41, 5.74) is 4.28. The number of carbonyl (C=O) groups is 1. The third kappa shape index (κ3) is 3.10. The Morgan fingerprint density at radius 1 is 1.24 bits per heavy atom. The van der Waals surface area contributed by atoms with Crippen LogP contribution in [0.1, 0.15) is 28.0 Å². The van der Waals surface area contributed by atoms with Crippen LogP contribution in [0, 0.1) is 0 Å². The van der Waals surface area contributed by atoms with E-state index in [0.29, 0.717) is 5.56 Å². The molecule has 1 unspecified atom stereocenters. The minimum absolute atomic E-state index is 0.0472. The molecule has 1 atom stereocenters. The predicted octanol–water partition coefficient (Wildman–Crippen LogP) is 4.12. The minimum Gasteiger partial charge on any atom is -0.497 e. The summed E-state index contributed by atoms with van der Waals surface area (Å²) < 4.78 is 5.13. The zero-order valence-electron chi connectivity index (χ0n) is 13.9. The predicted molar refractivity (Wildman–Crippen MR) is 99.6 cm³/mol. The Kier molecular flexibility index (Phi) is 4.14. The molecular formula is C20H19ClN2O2. The molecule has 4 nitrogen and oxygen atoms in total. The fraction of sp³-hybridized carbons (Fsp3) is 0.250. The zero-order valence-corrected chi connectivity index (χ0v) is 14.7. The van der Waals surface area contributed by atoms with E-state index in [0.717, 1.165) is 40.9 Å². The number of rotatable bonds is 3. The lowest BCUT2D eigenvalue weighted by Crippen LogP contribution is -2.38. The topological polar surface area (TPSA) is 54.1 Å². The number of fused-ring (bicyclic) bond motifs is 3. The number of hydrogen-bond donors (Lipinski definition) is 2. The van der Waals surface area contributed by atoms with Crippen molar-refractivity contribution in [1.82, 2.24) is 10.3 Å². The van der Waals surface area contributed by atoms with Crippen molar-refractivity contribution >= 4 is 28.4 Å². The number of hydrogen-bond acceptors (Lipinski definition) is 2. The van der Waals surface area contributed by atoms with Crippen LogP contribution in [0.3, 0.4) is 0 Å². The van der Waals surface area contributed by atoms with Gasteiger partial charge in [-0.15, -0.1) is 0 Å². The van der Waals surface area contributed by atoms with E-state index in [2.05, 4.69) is 10.3 Å². The molecule has 0 aliphatic heterocycles. The van der Waals surface area contributed by atoms with Gasteiger partial charge in [0.15, 0.2) is 0 Å². The molecule has 0 saturated carbocycles. The molecule has 4 rings (SSSR count). The second kappa shape index (κ2) is 6.45. The van der Waals surface area contributed by atoms with Crippen LogP contribution in [-0.2, 0) is 12.8 Å². The standard InChI is InChI=1S/C20H19ClN2O2/c1-25-15-6-2-12(3-7-15)20(24)22-14-5-9-19-17(11-14)16-10-13(21)4-8-18(16)23-19/h2-4,6-8,10,14,23H,5,9,11H2,1H3,(H,22,24). The van der Waals surface area contributed by atoms with E-state index in [9.17, 15) is 4.79 Å². The normalized spacial score (nSPS) is 16.5. The maximum atomic E-state index is 12.5. The molecule has 5 heteroatoms. The van der Waals surface area contributed by atoms with Crippen LogP contribution >= 0.6 is 11.6 Å². The number of carbonyl (C=O) groups excluding carboxylic acids is 1. The quantitative estimate of drug-likeness (QED) is 0.743. The summed E-state index contributed by atoms with van der Waals surface area (Å²) >= 11 is 6.15. The van der Waals surface area contributed by atoms with Crippen molar-refractivity contribution < 1.29 is 9.53 Å². The lowest BCUT2D eigenvalue weighted by molar-refractivity contribution is 0.0933.